The molecule has 0 radical (unpaired) electrons. The van der Waals surface area contributed by atoms with Crippen LogP contribution in [-0.2, 0) is 19.0 Å². The predicted octanol–water partition coefficient (Wildman–Crippen LogP) is 3.09. The van der Waals surface area contributed by atoms with Crippen molar-refractivity contribution in [1.82, 2.24) is 0 Å². The molecule has 1 saturated heterocycles. The van der Waals surface area contributed by atoms with Gasteiger partial charge in [0.15, 0.2) is 17.6 Å². The lowest BCUT2D eigenvalue weighted by Crippen LogP contribution is -2.39. The number of rotatable bonds is 7. The van der Waals surface area contributed by atoms with Gasteiger partial charge < -0.3 is 23.7 Å². The van der Waals surface area contributed by atoms with Gasteiger partial charge in [-0.25, -0.2) is 9.59 Å². The maximum Gasteiger partial charge on any atom is 0.338 e. The summed E-state index contributed by atoms with van der Waals surface area (Å²) in [4.78, 5) is 36.7. The molecule has 8 nitrogen and oxygen atoms in total. The summed E-state index contributed by atoms with van der Waals surface area (Å²) in [6.07, 6.45) is -1.74. The molecule has 0 aliphatic carbocycles. The van der Waals surface area contributed by atoms with E-state index in [0.717, 1.165) is 0 Å². The molecule has 31 heavy (non-hydrogen) atoms. The highest BCUT2D eigenvalue weighted by atomic mass is 32.2. The van der Waals surface area contributed by atoms with E-state index in [0.29, 0.717) is 28.4 Å². The molecule has 1 aliphatic heterocycles. The summed E-state index contributed by atoms with van der Waals surface area (Å²) in [5, 5.41) is 0. The van der Waals surface area contributed by atoms with Crippen LogP contribution in [0.15, 0.2) is 48.5 Å². The third-order valence-corrected chi connectivity index (χ3v) is 5.71. The second-order valence-electron chi connectivity index (χ2n) is 6.58. The molecule has 9 heteroatoms. The summed E-state index contributed by atoms with van der Waals surface area (Å²) < 4.78 is 26.6. The van der Waals surface area contributed by atoms with Gasteiger partial charge in [-0.05, 0) is 48.5 Å². The van der Waals surface area contributed by atoms with Crippen molar-refractivity contribution in [2.75, 3.05) is 20.0 Å². The van der Waals surface area contributed by atoms with E-state index < -0.39 is 35.6 Å². The fraction of sp³-hybridized carbons (Fsp3) is 0.318. The van der Waals surface area contributed by atoms with E-state index in [2.05, 4.69) is 0 Å². The lowest BCUT2D eigenvalue weighted by Gasteiger charge is -2.23. The SMILES string of the molecule is COc1ccc(C(=O)O[C@@H]2CSC(OC(C)=O)[C@@H]2OC(=O)c2ccc(OC)cc2)cc1. The molecule has 164 valence electrons. The summed E-state index contributed by atoms with van der Waals surface area (Å²) >= 11 is 1.24. The van der Waals surface area contributed by atoms with E-state index in [-0.39, 0.29) is 0 Å². The van der Waals surface area contributed by atoms with Crippen LogP contribution in [-0.4, -0.2) is 55.5 Å². The van der Waals surface area contributed by atoms with Crippen molar-refractivity contribution >= 4 is 29.7 Å². The first-order valence-corrected chi connectivity index (χ1v) is 10.4. The van der Waals surface area contributed by atoms with Crippen molar-refractivity contribution in [3.05, 3.63) is 59.7 Å². The Morgan fingerprint density at radius 1 is 0.774 bits per heavy atom. The van der Waals surface area contributed by atoms with E-state index in [1.54, 1.807) is 48.5 Å². The molecule has 0 amide bonds. The Balaban J connectivity index is 1.73. The molecule has 0 bridgehead atoms. The van der Waals surface area contributed by atoms with Crippen LogP contribution in [0.5, 0.6) is 11.5 Å². The molecule has 1 unspecified atom stereocenters. The highest BCUT2D eigenvalue weighted by molar-refractivity contribution is 8.00. The molecular formula is C22H22O8S. The molecule has 1 aliphatic rings. The maximum atomic E-state index is 12.6. The van der Waals surface area contributed by atoms with E-state index in [1.807, 2.05) is 0 Å². The lowest BCUT2D eigenvalue weighted by atomic mass is 10.2. The van der Waals surface area contributed by atoms with Crippen LogP contribution < -0.4 is 9.47 Å². The molecule has 2 aromatic carbocycles. The largest absolute Gasteiger partial charge is 0.497 e. The normalized spacial score (nSPS) is 19.9. The second-order valence-corrected chi connectivity index (χ2v) is 7.71. The van der Waals surface area contributed by atoms with Crippen molar-refractivity contribution in [2.45, 2.75) is 24.6 Å². The van der Waals surface area contributed by atoms with Gasteiger partial charge in [0, 0.05) is 12.7 Å². The minimum Gasteiger partial charge on any atom is -0.497 e. The van der Waals surface area contributed by atoms with Crippen molar-refractivity contribution in [3.63, 3.8) is 0 Å². The standard InChI is InChI=1S/C22H22O8S/c1-13(23)28-22-19(30-21(25)15-6-10-17(27-3)11-7-15)18(12-31-22)29-20(24)14-4-8-16(26-2)9-5-14/h4-11,18-19,22H,12H2,1-3H3/t18-,19-,22?/m1/s1. The van der Waals surface area contributed by atoms with Gasteiger partial charge in [-0.3, -0.25) is 4.79 Å². The van der Waals surface area contributed by atoms with E-state index >= 15 is 0 Å². The lowest BCUT2D eigenvalue weighted by molar-refractivity contribution is -0.148. The summed E-state index contributed by atoms with van der Waals surface area (Å²) in [5.74, 6) is -0.225. The van der Waals surface area contributed by atoms with Crippen molar-refractivity contribution in [3.8, 4) is 11.5 Å². The van der Waals surface area contributed by atoms with E-state index in [1.165, 1.54) is 32.9 Å². The highest BCUT2D eigenvalue weighted by Gasteiger charge is 2.44. The molecule has 3 atom stereocenters. The number of esters is 3. The fourth-order valence-corrected chi connectivity index (χ4v) is 4.16. The van der Waals surface area contributed by atoms with Crippen molar-refractivity contribution in [1.29, 1.82) is 0 Å². The van der Waals surface area contributed by atoms with Gasteiger partial charge in [0.05, 0.1) is 25.3 Å². The zero-order valence-electron chi connectivity index (χ0n) is 17.2. The summed E-state index contributed by atoms with van der Waals surface area (Å²) in [7, 11) is 3.05. The number of methoxy groups -OCH3 is 2. The molecule has 0 N–H and O–H groups in total. The molecular weight excluding hydrogens is 424 g/mol. The zero-order chi connectivity index (χ0) is 22.4. The van der Waals surface area contributed by atoms with Gasteiger partial charge >= 0.3 is 17.9 Å². The number of thioether (sulfide) groups is 1. The van der Waals surface area contributed by atoms with Gasteiger partial charge in [-0.1, -0.05) is 0 Å². The number of carbonyl (C=O) groups is 3. The predicted molar refractivity (Wildman–Crippen MR) is 112 cm³/mol. The Labute approximate surface area is 183 Å². The molecule has 0 aromatic heterocycles. The minimum atomic E-state index is -0.953. The Hall–Kier alpha value is -3.20. The van der Waals surface area contributed by atoms with Gasteiger partial charge in [0.25, 0.3) is 0 Å². The first-order valence-electron chi connectivity index (χ1n) is 9.40. The number of benzene rings is 2. The fourth-order valence-electron chi connectivity index (χ4n) is 2.90. The third-order valence-electron chi connectivity index (χ3n) is 4.49. The topological polar surface area (TPSA) is 97.4 Å². The van der Waals surface area contributed by atoms with Crippen molar-refractivity contribution < 1.29 is 38.1 Å². The van der Waals surface area contributed by atoms with Crippen molar-refractivity contribution in [2.24, 2.45) is 0 Å². The van der Waals surface area contributed by atoms with E-state index in [4.69, 9.17) is 23.7 Å². The quantitative estimate of drug-likeness (QED) is 0.469. The Bertz CT molecular complexity index is 926. The van der Waals surface area contributed by atoms with Crippen LogP contribution in [0, 0.1) is 0 Å². The number of hydrogen-bond acceptors (Lipinski definition) is 9. The molecule has 0 saturated carbocycles. The van der Waals surface area contributed by atoms with Crippen LogP contribution >= 0.6 is 11.8 Å². The van der Waals surface area contributed by atoms with Crippen LogP contribution in [0.1, 0.15) is 27.6 Å². The van der Waals surface area contributed by atoms with Crippen LogP contribution in [0.3, 0.4) is 0 Å². The monoisotopic (exact) mass is 446 g/mol. The number of carbonyl (C=O) groups excluding carboxylic acids is 3. The maximum absolute atomic E-state index is 12.6. The van der Waals surface area contributed by atoms with Gasteiger partial charge in [-0.15, -0.1) is 11.8 Å². The number of hydrogen-bond donors (Lipinski definition) is 0. The average Bonchev–Trinajstić information content (AvgIpc) is 3.13. The van der Waals surface area contributed by atoms with Crippen LogP contribution in [0.25, 0.3) is 0 Å². The molecule has 1 fully saturated rings. The highest BCUT2D eigenvalue weighted by Crippen LogP contribution is 2.34. The minimum absolute atomic E-state index is 0.291. The zero-order valence-corrected chi connectivity index (χ0v) is 18.0. The smallest absolute Gasteiger partial charge is 0.338 e. The van der Waals surface area contributed by atoms with Gasteiger partial charge in [0.1, 0.15) is 11.5 Å². The Kier molecular flexibility index (Phi) is 7.41. The van der Waals surface area contributed by atoms with Gasteiger partial charge in [-0.2, -0.15) is 0 Å². The van der Waals surface area contributed by atoms with Gasteiger partial charge in [0.2, 0.25) is 0 Å². The first kappa shape index (κ1) is 22.5. The summed E-state index contributed by atoms with van der Waals surface area (Å²) in [6.45, 7) is 1.26. The first-order chi connectivity index (χ1) is 14.9. The Morgan fingerprint density at radius 3 is 1.71 bits per heavy atom. The van der Waals surface area contributed by atoms with Crippen LogP contribution in [0.2, 0.25) is 0 Å². The summed E-state index contributed by atoms with van der Waals surface area (Å²) in [6, 6.07) is 12.8. The molecule has 3 rings (SSSR count). The Morgan fingerprint density at radius 2 is 1.26 bits per heavy atom. The molecule has 0 spiro atoms. The average molecular weight is 446 g/mol. The third kappa shape index (κ3) is 5.69. The molecule has 2 aromatic rings. The second kappa shape index (κ2) is 10.2. The van der Waals surface area contributed by atoms with Crippen LogP contribution in [0.4, 0.5) is 0 Å². The molecule has 1 heterocycles. The summed E-state index contributed by atoms with van der Waals surface area (Å²) in [5.41, 5.74) is -0.171. The number of ether oxygens (including phenoxy) is 5. The van der Waals surface area contributed by atoms with E-state index in [9.17, 15) is 14.4 Å².